The predicted octanol–water partition coefficient (Wildman–Crippen LogP) is 3.04. The topological polar surface area (TPSA) is 83.6 Å². The largest absolute Gasteiger partial charge is 0.502 e. The van der Waals surface area contributed by atoms with E-state index in [1.807, 2.05) is 12.1 Å². The Morgan fingerprint density at radius 1 is 1.20 bits per heavy atom. The minimum absolute atomic E-state index is 0.126. The molecule has 5 nitrogen and oxygen atoms in total. The standard InChI is InChI=1S/C14H12ClNO4/c15-12-4-2-1-3-10(12)5-9-6-11(8-17)14(18)13(7-9)16(19)20/h1-4,6-7,17-18H,5,8H2. The summed E-state index contributed by atoms with van der Waals surface area (Å²) in [7, 11) is 0. The Balaban J connectivity index is 2.45. The monoisotopic (exact) mass is 293 g/mol. The first-order valence-corrected chi connectivity index (χ1v) is 6.24. The number of hydrogen-bond donors (Lipinski definition) is 2. The van der Waals surface area contributed by atoms with E-state index in [9.17, 15) is 15.2 Å². The number of nitrogens with zero attached hydrogens (tertiary/aromatic N) is 1. The Hall–Kier alpha value is -2.11. The highest BCUT2D eigenvalue weighted by Gasteiger charge is 2.19. The summed E-state index contributed by atoms with van der Waals surface area (Å²) in [5.41, 5.74) is 1.13. The first-order chi connectivity index (χ1) is 9.52. The van der Waals surface area contributed by atoms with Crippen LogP contribution < -0.4 is 0 Å². The van der Waals surface area contributed by atoms with Crippen LogP contribution in [0.5, 0.6) is 5.75 Å². The second-order valence-electron chi connectivity index (χ2n) is 4.31. The molecule has 0 unspecified atom stereocenters. The molecule has 0 heterocycles. The molecule has 0 aliphatic rings. The van der Waals surface area contributed by atoms with Gasteiger partial charge in [-0.2, -0.15) is 0 Å². The fraction of sp³-hybridized carbons (Fsp3) is 0.143. The lowest BCUT2D eigenvalue weighted by Gasteiger charge is -2.08. The molecule has 2 rings (SSSR count). The van der Waals surface area contributed by atoms with Crippen LogP contribution in [0.1, 0.15) is 16.7 Å². The first-order valence-electron chi connectivity index (χ1n) is 5.86. The number of phenols is 1. The number of aliphatic hydroxyl groups excluding tert-OH is 1. The fourth-order valence-electron chi connectivity index (χ4n) is 1.97. The number of aromatic hydroxyl groups is 1. The molecule has 0 amide bonds. The van der Waals surface area contributed by atoms with Crippen LogP contribution in [0.25, 0.3) is 0 Å². The number of benzene rings is 2. The van der Waals surface area contributed by atoms with E-state index in [2.05, 4.69) is 0 Å². The zero-order valence-electron chi connectivity index (χ0n) is 10.4. The van der Waals surface area contributed by atoms with Crippen LogP contribution in [-0.4, -0.2) is 15.1 Å². The van der Waals surface area contributed by atoms with Crippen LogP contribution in [0.4, 0.5) is 5.69 Å². The van der Waals surface area contributed by atoms with E-state index in [4.69, 9.17) is 16.7 Å². The summed E-state index contributed by atoms with van der Waals surface area (Å²) in [6.07, 6.45) is 0.383. The van der Waals surface area contributed by atoms with Crippen molar-refractivity contribution < 1.29 is 15.1 Å². The third-order valence-electron chi connectivity index (χ3n) is 2.95. The molecule has 0 aliphatic carbocycles. The molecule has 0 saturated carbocycles. The van der Waals surface area contributed by atoms with Gasteiger partial charge in [-0.3, -0.25) is 10.1 Å². The van der Waals surface area contributed by atoms with Crippen LogP contribution in [0.2, 0.25) is 5.02 Å². The van der Waals surface area contributed by atoms with Gasteiger partial charge in [0, 0.05) is 16.7 Å². The van der Waals surface area contributed by atoms with Gasteiger partial charge in [0.05, 0.1) is 11.5 Å². The van der Waals surface area contributed by atoms with E-state index >= 15 is 0 Å². The number of nitro groups is 1. The van der Waals surface area contributed by atoms with Crippen molar-refractivity contribution in [3.63, 3.8) is 0 Å². The van der Waals surface area contributed by atoms with Crippen molar-refractivity contribution >= 4 is 17.3 Å². The molecule has 2 aromatic rings. The Kier molecular flexibility index (Phi) is 4.22. The van der Waals surface area contributed by atoms with E-state index in [1.54, 1.807) is 12.1 Å². The first kappa shape index (κ1) is 14.3. The van der Waals surface area contributed by atoms with Crippen LogP contribution in [-0.2, 0) is 13.0 Å². The smallest absolute Gasteiger partial charge is 0.311 e. The van der Waals surface area contributed by atoms with Crippen molar-refractivity contribution in [3.05, 3.63) is 68.2 Å². The molecule has 20 heavy (non-hydrogen) atoms. The number of nitro benzene ring substituents is 1. The Labute approximate surface area is 120 Å². The fourth-order valence-corrected chi connectivity index (χ4v) is 2.17. The van der Waals surface area contributed by atoms with Gasteiger partial charge >= 0.3 is 5.69 Å². The van der Waals surface area contributed by atoms with Gasteiger partial charge in [0.1, 0.15) is 0 Å². The Bertz CT molecular complexity index is 658. The molecule has 0 radical (unpaired) electrons. The predicted molar refractivity (Wildman–Crippen MR) is 74.9 cm³/mol. The summed E-state index contributed by atoms with van der Waals surface area (Å²) >= 11 is 6.05. The zero-order chi connectivity index (χ0) is 14.7. The van der Waals surface area contributed by atoms with Crippen molar-refractivity contribution in [2.45, 2.75) is 13.0 Å². The molecule has 6 heteroatoms. The summed E-state index contributed by atoms with van der Waals surface area (Å²) in [6.45, 7) is -0.469. The lowest BCUT2D eigenvalue weighted by Crippen LogP contribution is -1.97. The molecular formula is C14H12ClNO4. The summed E-state index contributed by atoms with van der Waals surface area (Å²) in [6, 6.07) is 10.00. The molecule has 2 aromatic carbocycles. The molecule has 2 N–H and O–H groups in total. The molecule has 0 aliphatic heterocycles. The van der Waals surface area contributed by atoms with Crippen molar-refractivity contribution in [1.29, 1.82) is 0 Å². The van der Waals surface area contributed by atoms with Crippen LogP contribution in [0, 0.1) is 10.1 Å². The summed E-state index contributed by atoms with van der Waals surface area (Å²) in [5.74, 6) is -0.500. The zero-order valence-corrected chi connectivity index (χ0v) is 11.2. The van der Waals surface area contributed by atoms with E-state index in [0.29, 0.717) is 17.0 Å². The van der Waals surface area contributed by atoms with Gasteiger partial charge in [0.2, 0.25) is 0 Å². The number of aliphatic hydroxyl groups is 1. The lowest BCUT2D eigenvalue weighted by molar-refractivity contribution is -0.386. The maximum absolute atomic E-state index is 10.9. The number of hydrogen-bond acceptors (Lipinski definition) is 4. The summed E-state index contributed by atoms with van der Waals surface area (Å²) < 4.78 is 0. The molecule has 0 fully saturated rings. The molecular weight excluding hydrogens is 282 g/mol. The van der Waals surface area contributed by atoms with Crippen molar-refractivity contribution in [2.75, 3.05) is 0 Å². The SMILES string of the molecule is O=[N+]([O-])c1cc(Cc2ccccc2Cl)cc(CO)c1O. The van der Waals surface area contributed by atoms with Gasteiger partial charge in [0.25, 0.3) is 0 Å². The van der Waals surface area contributed by atoms with Gasteiger partial charge in [-0.1, -0.05) is 29.8 Å². The van der Waals surface area contributed by atoms with Gasteiger partial charge < -0.3 is 10.2 Å². The molecule has 0 bridgehead atoms. The molecule has 0 aromatic heterocycles. The number of rotatable bonds is 4. The van der Waals surface area contributed by atoms with Gasteiger partial charge in [-0.25, -0.2) is 0 Å². The third kappa shape index (κ3) is 2.89. The summed E-state index contributed by atoms with van der Waals surface area (Å²) in [4.78, 5) is 10.2. The van der Waals surface area contributed by atoms with E-state index in [0.717, 1.165) is 5.56 Å². The van der Waals surface area contributed by atoms with E-state index in [1.165, 1.54) is 12.1 Å². The average molecular weight is 294 g/mol. The van der Waals surface area contributed by atoms with Crippen LogP contribution >= 0.6 is 11.6 Å². The van der Waals surface area contributed by atoms with Crippen LogP contribution in [0.3, 0.4) is 0 Å². The lowest BCUT2D eigenvalue weighted by atomic mass is 10.0. The number of halogens is 1. The second-order valence-corrected chi connectivity index (χ2v) is 4.71. The van der Waals surface area contributed by atoms with Gasteiger partial charge in [-0.15, -0.1) is 0 Å². The quantitative estimate of drug-likeness (QED) is 0.670. The molecule has 0 spiro atoms. The molecule has 0 saturated heterocycles. The van der Waals surface area contributed by atoms with Crippen molar-refractivity contribution in [2.24, 2.45) is 0 Å². The third-order valence-corrected chi connectivity index (χ3v) is 3.32. The van der Waals surface area contributed by atoms with Gasteiger partial charge in [0.15, 0.2) is 5.75 Å². The van der Waals surface area contributed by atoms with E-state index in [-0.39, 0.29) is 5.56 Å². The second kappa shape index (κ2) is 5.90. The molecule has 0 atom stereocenters. The maximum Gasteiger partial charge on any atom is 0.311 e. The van der Waals surface area contributed by atoms with E-state index < -0.39 is 23.0 Å². The van der Waals surface area contributed by atoms with Gasteiger partial charge in [-0.05, 0) is 29.7 Å². The molecule has 104 valence electrons. The normalized spacial score (nSPS) is 10.5. The maximum atomic E-state index is 10.9. The van der Waals surface area contributed by atoms with Crippen molar-refractivity contribution in [1.82, 2.24) is 0 Å². The average Bonchev–Trinajstić information content (AvgIpc) is 2.42. The minimum Gasteiger partial charge on any atom is -0.502 e. The minimum atomic E-state index is -0.676. The highest BCUT2D eigenvalue weighted by molar-refractivity contribution is 6.31. The Morgan fingerprint density at radius 2 is 1.90 bits per heavy atom. The van der Waals surface area contributed by atoms with Crippen molar-refractivity contribution in [3.8, 4) is 5.75 Å². The highest BCUT2D eigenvalue weighted by atomic mass is 35.5. The van der Waals surface area contributed by atoms with Crippen LogP contribution in [0.15, 0.2) is 36.4 Å². The highest BCUT2D eigenvalue weighted by Crippen LogP contribution is 2.32. The Morgan fingerprint density at radius 3 is 2.50 bits per heavy atom. The summed E-state index contributed by atoms with van der Waals surface area (Å²) in [5, 5.41) is 30.3.